The third-order valence-corrected chi connectivity index (χ3v) is 2.05. The molecule has 5 nitrogen and oxygen atoms in total. The van der Waals surface area contributed by atoms with Gasteiger partial charge in [-0.05, 0) is 0 Å². The van der Waals surface area contributed by atoms with Crippen LogP contribution in [0, 0.1) is 0 Å². The van der Waals surface area contributed by atoms with E-state index in [-0.39, 0.29) is 12.7 Å². The van der Waals surface area contributed by atoms with E-state index in [0.717, 1.165) is 12.6 Å². The summed E-state index contributed by atoms with van der Waals surface area (Å²) < 4.78 is 5.25. The minimum atomic E-state index is -0.933. The van der Waals surface area contributed by atoms with Gasteiger partial charge in [-0.25, -0.2) is 4.79 Å². The molecule has 1 aliphatic heterocycles. The van der Waals surface area contributed by atoms with Crippen LogP contribution in [0.25, 0.3) is 0 Å². The smallest absolute Gasteiger partial charge is 0.328 e. The van der Waals surface area contributed by atoms with E-state index in [4.69, 9.17) is 14.9 Å². The summed E-state index contributed by atoms with van der Waals surface area (Å²) in [6.45, 7) is 2.62. The van der Waals surface area contributed by atoms with Crippen molar-refractivity contribution in [3.05, 3.63) is 12.2 Å². The number of aliphatic hydroxyl groups is 1. The van der Waals surface area contributed by atoms with Crippen LogP contribution in [0.3, 0.4) is 0 Å². The van der Waals surface area contributed by atoms with Crippen LogP contribution in [0.2, 0.25) is 0 Å². The van der Waals surface area contributed by atoms with Gasteiger partial charge in [0, 0.05) is 25.7 Å². The topological polar surface area (TPSA) is 70.0 Å². The molecule has 1 unspecified atom stereocenters. The van der Waals surface area contributed by atoms with Crippen molar-refractivity contribution in [2.45, 2.75) is 6.10 Å². The molecule has 0 spiro atoms. The molecule has 0 saturated carbocycles. The predicted molar refractivity (Wildman–Crippen MR) is 50.0 cm³/mol. The van der Waals surface area contributed by atoms with Crippen molar-refractivity contribution in [3.8, 4) is 0 Å². The lowest BCUT2D eigenvalue weighted by Crippen LogP contribution is -2.43. The molecule has 1 fully saturated rings. The average Bonchev–Trinajstić information content (AvgIpc) is 2.18. The summed E-state index contributed by atoms with van der Waals surface area (Å²) in [5, 5.41) is 17.2. The Morgan fingerprint density at radius 2 is 2.43 bits per heavy atom. The highest BCUT2D eigenvalue weighted by Crippen LogP contribution is 2.03. The number of ether oxygens (including phenoxy) is 1. The van der Waals surface area contributed by atoms with Gasteiger partial charge in [-0.1, -0.05) is 6.08 Å². The van der Waals surface area contributed by atoms with Crippen LogP contribution >= 0.6 is 0 Å². The van der Waals surface area contributed by atoms with Crippen molar-refractivity contribution in [3.63, 3.8) is 0 Å². The Kier molecular flexibility index (Phi) is 4.58. The predicted octanol–water partition coefficient (Wildman–Crippen LogP) is -0.680. The maximum atomic E-state index is 10.2. The van der Waals surface area contributed by atoms with Crippen LogP contribution in [0.1, 0.15) is 0 Å². The van der Waals surface area contributed by atoms with E-state index >= 15 is 0 Å². The summed E-state index contributed by atoms with van der Waals surface area (Å²) in [6.07, 6.45) is 2.59. The molecule has 0 amide bonds. The van der Waals surface area contributed by atoms with Crippen LogP contribution in [-0.2, 0) is 9.53 Å². The van der Waals surface area contributed by atoms with E-state index in [9.17, 15) is 4.79 Å². The highest BCUT2D eigenvalue weighted by atomic mass is 16.5. The molecule has 1 aliphatic rings. The number of carbonyl (C=O) groups is 1. The fraction of sp³-hybridized carbons (Fsp3) is 0.667. The molecule has 0 aliphatic carbocycles. The molecule has 5 heteroatoms. The van der Waals surface area contributed by atoms with Gasteiger partial charge in [0.05, 0.1) is 19.3 Å². The number of nitrogens with zero attached hydrogens (tertiary/aromatic N) is 1. The number of carboxylic acid groups (broad SMARTS) is 1. The third-order valence-electron chi connectivity index (χ3n) is 2.05. The van der Waals surface area contributed by atoms with Crippen LogP contribution in [-0.4, -0.2) is 60.0 Å². The number of carboxylic acids is 1. The lowest BCUT2D eigenvalue weighted by molar-refractivity contribution is -0.131. The van der Waals surface area contributed by atoms with Gasteiger partial charge in [0.2, 0.25) is 0 Å². The number of hydrogen-bond acceptors (Lipinski definition) is 4. The van der Waals surface area contributed by atoms with Crippen molar-refractivity contribution in [1.82, 2.24) is 4.90 Å². The molecule has 0 aromatic rings. The largest absolute Gasteiger partial charge is 0.478 e. The molecule has 1 heterocycles. The minimum Gasteiger partial charge on any atom is -0.478 e. The van der Waals surface area contributed by atoms with Crippen molar-refractivity contribution in [1.29, 1.82) is 0 Å². The van der Waals surface area contributed by atoms with Gasteiger partial charge in [0.25, 0.3) is 0 Å². The second-order valence-corrected chi connectivity index (χ2v) is 3.18. The van der Waals surface area contributed by atoms with Gasteiger partial charge < -0.3 is 14.9 Å². The molecule has 0 radical (unpaired) electrons. The maximum Gasteiger partial charge on any atom is 0.328 e. The van der Waals surface area contributed by atoms with Gasteiger partial charge in [0.1, 0.15) is 0 Å². The fourth-order valence-corrected chi connectivity index (χ4v) is 1.36. The first-order valence-electron chi connectivity index (χ1n) is 4.56. The standard InChI is InChI=1S/C9H15NO4/c11-7-8-6-10(4-5-14-8)3-1-2-9(12)13/h1-2,8,11H,3-7H2,(H,12,13)/b2-1+. The first-order chi connectivity index (χ1) is 6.72. The second-order valence-electron chi connectivity index (χ2n) is 3.18. The van der Waals surface area contributed by atoms with Crippen molar-refractivity contribution in [2.75, 3.05) is 32.8 Å². The molecule has 1 rings (SSSR count). The number of rotatable bonds is 4. The summed E-state index contributed by atoms with van der Waals surface area (Å²) in [6, 6.07) is 0. The molecule has 0 aromatic heterocycles. The zero-order chi connectivity index (χ0) is 10.4. The summed E-state index contributed by atoms with van der Waals surface area (Å²) in [5.41, 5.74) is 0. The normalized spacial score (nSPS) is 24.2. The van der Waals surface area contributed by atoms with E-state index in [1.807, 2.05) is 4.90 Å². The third kappa shape index (κ3) is 3.87. The lowest BCUT2D eigenvalue weighted by Gasteiger charge is -2.30. The van der Waals surface area contributed by atoms with E-state index in [1.165, 1.54) is 0 Å². The zero-order valence-electron chi connectivity index (χ0n) is 7.93. The Morgan fingerprint density at radius 1 is 1.64 bits per heavy atom. The average molecular weight is 201 g/mol. The van der Waals surface area contributed by atoms with Crippen LogP contribution in [0.5, 0.6) is 0 Å². The van der Waals surface area contributed by atoms with Gasteiger partial charge in [-0.2, -0.15) is 0 Å². The molecule has 1 atom stereocenters. The molecular weight excluding hydrogens is 186 g/mol. The maximum absolute atomic E-state index is 10.2. The first kappa shape index (κ1) is 11.2. The number of hydrogen-bond donors (Lipinski definition) is 2. The van der Waals surface area contributed by atoms with Crippen LogP contribution < -0.4 is 0 Å². The van der Waals surface area contributed by atoms with Crippen molar-refractivity contribution in [2.24, 2.45) is 0 Å². The van der Waals surface area contributed by atoms with E-state index < -0.39 is 5.97 Å². The van der Waals surface area contributed by atoms with E-state index in [0.29, 0.717) is 19.7 Å². The zero-order valence-corrected chi connectivity index (χ0v) is 7.93. The Hall–Kier alpha value is -0.910. The van der Waals surface area contributed by atoms with Gasteiger partial charge in [-0.15, -0.1) is 0 Å². The van der Waals surface area contributed by atoms with Crippen molar-refractivity contribution >= 4 is 5.97 Å². The molecule has 0 bridgehead atoms. The highest BCUT2D eigenvalue weighted by Gasteiger charge is 2.18. The Morgan fingerprint density at radius 3 is 3.07 bits per heavy atom. The quantitative estimate of drug-likeness (QED) is 0.590. The van der Waals surface area contributed by atoms with Gasteiger partial charge in [-0.3, -0.25) is 4.90 Å². The Labute approximate surface area is 82.6 Å². The number of aliphatic hydroxyl groups excluding tert-OH is 1. The summed E-state index contributed by atoms with van der Waals surface area (Å²) >= 11 is 0. The summed E-state index contributed by atoms with van der Waals surface area (Å²) in [5.74, 6) is -0.933. The minimum absolute atomic E-state index is 0.0130. The monoisotopic (exact) mass is 201 g/mol. The Balaban J connectivity index is 2.27. The Bertz CT molecular complexity index is 217. The number of morpholine rings is 1. The molecule has 1 saturated heterocycles. The molecular formula is C9H15NO4. The fourth-order valence-electron chi connectivity index (χ4n) is 1.36. The second kappa shape index (κ2) is 5.74. The summed E-state index contributed by atoms with van der Waals surface area (Å²) in [4.78, 5) is 12.2. The first-order valence-corrected chi connectivity index (χ1v) is 4.56. The van der Waals surface area contributed by atoms with Gasteiger partial charge in [0.15, 0.2) is 0 Å². The molecule has 2 N–H and O–H groups in total. The molecule has 14 heavy (non-hydrogen) atoms. The lowest BCUT2D eigenvalue weighted by atomic mass is 10.3. The van der Waals surface area contributed by atoms with E-state index in [2.05, 4.69) is 0 Å². The summed E-state index contributed by atoms with van der Waals surface area (Å²) in [7, 11) is 0. The van der Waals surface area contributed by atoms with E-state index in [1.54, 1.807) is 6.08 Å². The number of aliphatic carboxylic acids is 1. The van der Waals surface area contributed by atoms with Gasteiger partial charge >= 0.3 is 5.97 Å². The highest BCUT2D eigenvalue weighted by molar-refractivity contribution is 5.79. The van der Waals surface area contributed by atoms with Crippen molar-refractivity contribution < 1.29 is 19.7 Å². The SMILES string of the molecule is O=C(O)/C=C/CN1CCOC(CO)C1. The van der Waals surface area contributed by atoms with Crippen LogP contribution in [0.15, 0.2) is 12.2 Å². The molecule has 0 aromatic carbocycles. The molecule has 80 valence electrons. The van der Waals surface area contributed by atoms with Crippen LogP contribution in [0.4, 0.5) is 0 Å².